The number of rotatable bonds is 13. The summed E-state index contributed by atoms with van der Waals surface area (Å²) >= 11 is 0. The number of carboxylic acids is 1. The lowest BCUT2D eigenvalue weighted by Gasteiger charge is -2.13. The highest BCUT2D eigenvalue weighted by molar-refractivity contribution is 6.09. The van der Waals surface area contributed by atoms with Gasteiger partial charge in [-0.15, -0.1) is 0 Å². The molecular formula is C23H23N3O7. The number of aliphatic imine (C=N–C) groups is 1. The maximum Gasteiger partial charge on any atom is 0.326 e. The van der Waals surface area contributed by atoms with E-state index in [4.69, 9.17) is 15.6 Å². The van der Waals surface area contributed by atoms with Gasteiger partial charge in [-0.3, -0.25) is 14.4 Å². The second-order valence-corrected chi connectivity index (χ2v) is 7.02. The number of carbonyl (C=O) groups is 4. The number of ether oxygens (including phenoxy) is 1. The zero-order valence-corrected chi connectivity index (χ0v) is 17.7. The molecule has 10 heteroatoms. The number of benzene rings is 2. The number of amides is 2. The van der Waals surface area contributed by atoms with Crippen molar-refractivity contribution in [3.05, 3.63) is 59.7 Å². The molecule has 0 saturated heterocycles. The molecule has 0 radical (unpaired) electrons. The van der Waals surface area contributed by atoms with Crippen molar-refractivity contribution in [3.63, 3.8) is 0 Å². The van der Waals surface area contributed by atoms with Gasteiger partial charge in [0.25, 0.3) is 0 Å². The SMILES string of the molecule is NC(=O)CCC(NC(=O)CCCOc1ccc(C(=O)c2ccc(N=C=O)cc2)cc1)C(=O)O. The molecular weight excluding hydrogens is 430 g/mol. The summed E-state index contributed by atoms with van der Waals surface area (Å²) in [6, 6.07) is 11.5. The Morgan fingerprint density at radius 1 is 1.00 bits per heavy atom. The number of aliphatic carboxylic acids is 1. The van der Waals surface area contributed by atoms with Crippen molar-refractivity contribution in [3.8, 4) is 5.75 Å². The second-order valence-electron chi connectivity index (χ2n) is 7.02. The Bertz CT molecular complexity index is 1040. The Balaban J connectivity index is 1.79. The summed E-state index contributed by atoms with van der Waals surface area (Å²) in [7, 11) is 0. The summed E-state index contributed by atoms with van der Waals surface area (Å²) in [4.78, 5) is 60.1. The fraction of sp³-hybridized carbons (Fsp3) is 0.261. The van der Waals surface area contributed by atoms with Crippen molar-refractivity contribution >= 4 is 35.3 Å². The van der Waals surface area contributed by atoms with Crippen LogP contribution in [0.5, 0.6) is 5.75 Å². The summed E-state index contributed by atoms with van der Waals surface area (Å²) in [6.07, 6.45) is 1.60. The minimum Gasteiger partial charge on any atom is -0.494 e. The highest BCUT2D eigenvalue weighted by Crippen LogP contribution is 2.18. The van der Waals surface area contributed by atoms with Gasteiger partial charge in [-0.1, -0.05) is 0 Å². The fourth-order valence-corrected chi connectivity index (χ4v) is 2.84. The van der Waals surface area contributed by atoms with E-state index in [2.05, 4.69) is 10.3 Å². The first kappa shape index (κ1) is 25.0. The first-order valence-corrected chi connectivity index (χ1v) is 10.1. The zero-order valence-electron chi connectivity index (χ0n) is 17.7. The third kappa shape index (κ3) is 8.39. The van der Waals surface area contributed by atoms with Gasteiger partial charge in [0, 0.05) is 24.0 Å². The molecule has 0 saturated carbocycles. The highest BCUT2D eigenvalue weighted by Gasteiger charge is 2.20. The second kappa shape index (κ2) is 12.5. The molecule has 2 amide bonds. The Morgan fingerprint density at radius 3 is 2.15 bits per heavy atom. The van der Waals surface area contributed by atoms with Crippen molar-refractivity contribution in [2.75, 3.05) is 6.61 Å². The summed E-state index contributed by atoms with van der Waals surface area (Å²) in [5, 5.41) is 11.4. The minimum absolute atomic E-state index is 0.0427. The highest BCUT2D eigenvalue weighted by atomic mass is 16.5. The van der Waals surface area contributed by atoms with E-state index in [9.17, 15) is 24.0 Å². The average Bonchev–Trinajstić information content (AvgIpc) is 2.80. The fourth-order valence-electron chi connectivity index (χ4n) is 2.84. The third-order valence-corrected chi connectivity index (χ3v) is 4.55. The molecule has 4 N–H and O–H groups in total. The van der Waals surface area contributed by atoms with E-state index in [1.54, 1.807) is 48.5 Å². The van der Waals surface area contributed by atoms with Gasteiger partial charge >= 0.3 is 5.97 Å². The van der Waals surface area contributed by atoms with Gasteiger partial charge in [-0.05, 0) is 61.4 Å². The van der Waals surface area contributed by atoms with Crippen LogP contribution in [0.3, 0.4) is 0 Å². The van der Waals surface area contributed by atoms with Gasteiger partial charge in [-0.2, -0.15) is 4.99 Å². The summed E-state index contributed by atoms with van der Waals surface area (Å²) in [6.45, 7) is 0.207. The number of carboxylic acid groups (broad SMARTS) is 1. The molecule has 1 atom stereocenters. The molecule has 33 heavy (non-hydrogen) atoms. The van der Waals surface area contributed by atoms with Crippen molar-refractivity contribution in [2.45, 2.75) is 31.7 Å². The van der Waals surface area contributed by atoms with Gasteiger partial charge in [-0.25, -0.2) is 9.59 Å². The van der Waals surface area contributed by atoms with Crippen LogP contribution < -0.4 is 15.8 Å². The number of nitrogens with two attached hydrogens (primary N) is 1. The van der Waals surface area contributed by atoms with Crippen LogP contribution in [-0.4, -0.2) is 47.4 Å². The molecule has 0 aliphatic heterocycles. The first-order valence-electron chi connectivity index (χ1n) is 10.1. The Labute approximate surface area is 189 Å². The van der Waals surface area contributed by atoms with Crippen LogP contribution in [0.15, 0.2) is 53.5 Å². The monoisotopic (exact) mass is 453 g/mol. The number of carbonyl (C=O) groups excluding carboxylic acids is 4. The van der Waals surface area contributed by atoms with E-state index in [0.717, 1.165) is 0 Å². The largest absolute Gasteiger partial charge is 0.494 e. The van der Waals surface area contributed by atoms with Crippen LogP contribution in [0.4, 0.5) is 5.69 Å². The smallest absolute Gasteiger partial charge is 0.326 e. The Kier molecular flexibility index (Phi) is 9.48. The number of hydrogen-bond acceptors (Lipinski definition) is 7. The van der Waals surface area contributed by atoms with Crippen LogP contribution in [0, 0.1) is 0 Å². The zero-order chi connectivity index (χ0) is 24.2. The Morgan fingerprint density at radius 2 is 1.61 bits per heavy atom. The van der Waals surface area contributed by atoms with Gasteiger partial charge in [0.2, 0.25) is 17.9 Å². The minimum atomic E-state index is -1.24. The van der Waals surface area contributed by atoms with Crippen LogP contribution in [0.25, 0.3) is 0 Å². The molecule has 172 valence electrons. The Hall–Kier alpha value is -4.30. The van der Waals surface area contributed by atoms with E-state index in [1.165, 1.54) is 6.08 Å². The topological polar surface area (TPSA) is 165 Å². The molecule has 0 bridgehead atoms. The standard InChI is InChI=1S/C23H23N3O7/c24-20(28)12-11-19(23(31)32)26-21(29)2-1-13-33-18-9-5-16(6-10-18)22(30)15-3-7-17(8-4-15)25-14-27/h3-10,19H,1-2,11-13H2,(H2,24,28)(H,26,29)(H,31,32). The lowest BCUT2D eigenvalue weighted by molar-refractivity contribution is -0.142. The van der Waals surface area contributed by atoms with E-state index in [-0.39, 0.29) is 31.7 Å². The quantitative estimate of drug-likeness (QED) is 0.180. The van der Waals surface area contributed by atoms with Crippen LogP contribution >= 0.6 is 0 Å². The van der Waals surface area contributed by atoms with Crippen LogP contribution in [-0.2, 0) is 19.2 Å². The molecule has 10 nitrogen and oxygen atoms in total. The molecule has 0 aromatic heterocycles. The molecule has 2 aromatic carbocycles. The number of isocyanates is 1. The molecule has 2 aromatic rings. The average molecular weight is 453 g/mol. The lowest BCUT2D eigenvalue weighted by Crippen LogP contribution is -2.41. The lowest BCUT2D eigenvalue weighted by atomic mass is 10.0. The molecule has 2 rings (SSSR count). The van der Waals surface area contributed by atoms with Gasteiger partial charge < -0.3 is 20.9 Å². The number of hydrogen-bond donors (Lipinski definition) is 3. The number of primary amides is 1. The summed E-state index contributed by atoms with van der Waals surface area (Å²) in [5.74, 6) is -2.04. The number of nitrogens with zero attached hydrogens (tertiary/aromatic N) is 1. The molecule has 0 aliphatic rings. The van der Waals surface area contributed by atoms with Crippen LogP contribution in [0.2, 0.25) is 0 Å². The van der Waals surface area contributed by atoms with E-state index >= 15 is 0 Å². The molecule has 1 unspecified atom stereocenters. The third-order valence-electron chi connectivity index (χ3n) is 4.55. The van der Waals surface area contributed by atoms with Crippen molar-refractivity contribution in [1.29, 1.82) is 0 Å². The van der Waals surface area contributed by atoms with Crippen molar-refractivity contribution in [2.24, 2.45) is 10.7 Å². The molecule has 0 fully saturated rings. The van der Waals surface area contributed by atoms with Gasteiger partial charge in [0.15, 0.2) is 5.78 Å². The van der Waals surface area contributed by atoms with E-state index < -0.39 is 23.8 Å². The van der Waals surface area contributed by atoms with Gasteiger partial charge in [0.1, 0.15) is 11.8 Å². The van der Waals surface area contributed by atoms with Crippen LogP contribution in [0.1, 0.15) is 41.6 Å². The maximum atomic E-state index is 12.5. The molecule has 0 aliphatic carbocycles. The first-order chi connectivity index (χ1) is 15.8. The number of nitrogens with one attached hydrogen (secondary N) is 1. The predicted octanol–water partition coefficient (Wildman–Crippen LogP) is 1.88. The van der Waals surface area contributed by atoms with Gasteiger partial charge in [0.05, 0.1) is 12.3 Å². The normalized spacial score (nSPS) is 11.0. The predicted molar refractivity (Wildman–Crippen MR) is 117 cm³/mol. The molecule has 0 heterocycles. The number of ketones is 1. The summed E-state index contributed by atoms with van der Waals surface area (Å²) in [5.41, 5.74) is 6.30. The van der Waals surface area contributed by atoms with E-state index in [1.807, 2.05) is 0 Å². The van der Waals surface area contributed by atoms with Crippen molar-refractivity contribution < 1.29 is 33.8 Å². The van der Waals surface area contributed by atoms with Crippen molar-refractivity contribution in [1.82, 2.24) is 5.32 Å². The summed E-state index contributed by atoms with van der Waals surface area (Å²) < 4.78 is 5.55. The maximum absolute atomic E-state index is 12.5. The molecule has 0 spiro atoms. The van der Waals surface area contributed by atoms with E-state index in [0.29, 0.717) is 29.0 Å².